The lowest BCUT2D eigenvalue weighted by Crippen LogP contribution is -2.48. The van der Waals surface area contributed by atoms with E-state index in [1.807, 2.05) is 11.8 Å². The normalized spacial score (nSPS) is 14.5. The van der Waals surface area contributed by atoms with Crippen molar-refractivity contribution in [2.45, 2.75) is 11.8 Å². The number of thiazole rings is 1. The number of halogens is 2. The standard InChI is InChI=1S/C27H27F2N5O3S2/c1-18-6-8-20(9-7-18)39(36,37)32-23-5-3-2-4-21(23)26(35)30-10-11-33-12-14-34(15-13-33)27-31-25-22(29)16-19(28)17-24(25)38-27/h2-9,16-17,32H,10-15H2,1H3,(H,30,35). The van der Waals surface area contributed by atoms with E-state index in [4.69, 9.17) is 0 Å². The van der Waals surface area contributed by atoms with Gasteiger partial charge in [0.25, 0.3) is 15.9 Å². The molecule has 4 aromatic rings. The Bertz CT molecular complexity index is 1600. The molecule has 0 spiro atoms. The molecule has 0 atom stereocenters. The monoisotopic (exact) mass is 571 g/mol. The van der Waals surface area contributed by atoms with E-state index >= 15 is 0 Å². The highest BCUT2D eigenvalue weighted by molar-refractivity contribution is 7.92. The van der Waals surface area contributed by atoms with E-state index in [0.717, 1.165) is 24.7 Å². The van der Waals surface area contributed by atoms with Gasteiger partial charge in [-0.1, -0.05) is 41.2 Å². The summed E-state index contributed by atoms with van der Waals surface area (Å²) in [5.41, 5.74) is 1.57. The molecule has 1 fully saturated rings. The first-order valence-corrected chi connectivity index (χ1v) is 14.7. The van der Waals surface area contributed by atoms with Gasteiger partial charge >= 0.3 is 0 Å². The second-order valence-electron chi connectivity index (χ2n) is 9.28. The zero-order valence-electron chi connectivity index (χ0n) is 21.2. The van der Waals surface area contributed by atoms with Gasteiger partial charge < -0.3 is 10.2 Å². The Hall–Kier alpha value is -3.61. The minimum Gasteiger partial charge on any atom is -0.351 e. The third-order valence-electron chi connectivity index (χ3n) is 6.51. The number of para-hydroxylation sites is 1. The number of anilines is 2. The van der Waals surface area contributed by atoms with Crippen molar-refractivity contribution in [3.05, 3.63) is 83.4 Å². The molecular weight excluding hydrogens is 544 g/mol. The van der Waals surface area contributed by atoms with Crippen molar-refractivity contribution < 1.29 is 22.0 Å². The van der Waals surface area contributed by atoms with E-state index < -0.39 is 21.7 Å². The molecule has 1 saturated heterocycles. The Morgan fingerprint density at radius 3 is 2.49 bits per heavy atom. The molecule has 0 unspecified atom stereocenters. The second-order valence-corrected chi connectivity index (χ2v) is 12.0. The van der Waals surface area contributed by atoms with Crippen LogP contribution in [0.15, 0.2) is 65.6 Å². The fraction of sp³-hybridized carbons (Fsp3) is 0.259. The minimum absolute atomic E-state index is 0.116. The molecule has 204 valence electrons. The summed E-state index contributed by atoms with van der Waals surface area (Å²) in [6, 6.07) is 15.1. The van der Waals surface area contributed by atoms with Crippen molar-refractivity contribution in [2.24, 2.45) is 0 Å². The molecule has 8 nitrogen and oxygen atoms in total. The molecule has 1 aliphatic rings. The van der Waals surface area contributed by atoms with E-state index in [1.54, 1.807) is 36.4 Å². The fourth-order valence-corrected chi connectivity index (χ4v) is 6.49. The van der Waals surface area contributed by atoms with Gasteiger partial charge in [0.05, 0.1) is 20.8 Å². The molecule has 39 heavy (non-hydrogen) atoms. The number of benzene rings is 3. The van der Waals surface area contributed by atoms with Crippen LogP contribution in [-0.2, 0) is 10.0 Å². The van der Waals surface area contributed by atoms with Crippen LogP contribution in [0.3, 0.4) is 0 Å². The van der Waals surface area contributed by atoms with Crippen LogP contribution in [0, 0.1) is 18.6 Å². The Morgan fingerprint density at radius 2 is 1.74 bits per heavy atom. The zero-order chi connectivity index (χ0) is 27.6. The van der Waals surface area contributed by atoms with Gasteiger partial charge in [0.1, 0.15) is 11.3 Å². The Balaban J connectivity index is 1.14. The molecular formula is C27H27F2N5O3S2. The van der Waals surface area contributed by atoms with Crippen LogP contribution >= 0.6 is 11.3 Å². The molecule has 1 aromatic heterocycles. The highest BCUT2D eigenvalue weighted by atomic mass is 32.2. The van der Waals surface area contributed by atoms with Crippen molar-refractivity contribution in [1.82, 2.24) is 15.2 Å². The largest absolute Gasteiger partial charge is 0.351 e. The number of rotatable bonds is 8. The second kappa shape index (κ2) is 11.2. The van der Waals surface area contributed by atoms with Gasteiger partial charge in [-0.05, 0) is 37.3 Å². The Morgan fingerprint density at radius 1 is 1.03 bits per heavy atom. The number of piperazine rings is 1. The SMILES string of the molecule is Cc1ccc(S(=O)(=O)Nc2ccccc2C(=O)NCCN2CCN(c3nc4c(F)cc(F)cc4s3)CC2)cc1. The quantitative estimate of drug-likeness (QED) is 0.329. The predicted octanol–water partition coefficient (Wildman–Crippen LogP) is 4.24. The highest BCUT2D eigenvalue weighted by Crippen LogP contribution is 2.31. The molecule has 1 amide bonds. The van der Waals surface area contributed by atoms with Crippen LogP contribution in [-0.4, -0.2) is 63.5 Å². The van der Waals surface area contributed by atoms with E-state index in [9.17, 15) is 22.0 Å². The predicted molar refractivity (Wildman–Crippen MR) is 149 cm³/mol. The molecule has 2 heterocycles. The van der Waals surface area contributed by atoms with Crippen molar-refractivity contribution in [3.63, 3.8) is 0 Å². The summed E-state index contributed by atoms with van der Waals surface area (Å²) in [4.78, 5) is 21.6. The first kappa shape index (κ1) is 27.0. The van der Waals surface area contributed by atoms with Gasteiger partial charge in [-0.2, -0.15) is 0 Å². The van der Waals surface area contributed by atoms with E-state index in [1.165, 1.54) is 29.5 Å². The number of carbonyl (C=O) groups excluding carboxylic acids is 1. The number of hydrogen-bond donors (Lipinski definition) is 2. The van der Waals surface area contributed by atoms with Gasteiger partial charge in [0.2, 0.25) is 0 Å². The molecule has 0 saturated carbocycles. The molecule has 5 rings (SSSR count). The molecule has 0 radical (unpaired) electrons. The highest BCUT2D eigenvalue weighted by Gasteiger charge is 2.22. The summed E-state index contributed by atoms with van der Waals surface area (Å²) in [6.45, 7) is 5.63. The summed E-state index contributed by atoms with van der Waals surface area (Å²) in [5.74, 6) is -1.65. The fourth-order valence-electron chi connectivity index (χ4n) is 4.36. The smallest absolute Gasteiger partial charge is 0.261 e. The van der Waals surface area contributed by atoms with Crippen LogP contribution in [0.5, 0.6) is 0 Å². The lowest BCUT2D eigenvalue weighted by molar-refractivity contribution is 0.0948. The maximum absolute atomic E-state index is 14.0. The lowest BCUT2D eigenvalue weighted by Gasteiger charge is -2.34. The summed E-state index contributed by atoms with van der Waals surface area (Å²) in [5, 5.41) is 3.53. The number of aryl methyl sites for hydroxylation is 1. The van der Waals surface area contributed by atoms with Crippen molar-refractivity contribution >= 4 is 48.3 Å². The number of nitrogens with zero attached hydrogens (tertiary/aromatic N) is 3. The third kappa shape index (κ3) is 6.18. The lowest BCUT2D eigenvalue weighted by atomic mass is 10.1. The first-order chi connectivity index (χ1) is 18.7. The molecule has 1 aliphatic heterocycles. The topological polar surface area (TPSA) is 94.6 Å². The number of fused-ring (bicyclic) bond motifs is 1. The maximum atomic E-state index is 14.0. The summed E-state index contributed by atoms with van der Waals surface area (Å²) < 4.78 is 56.2. The average Bonchev–Trinajstić information content (AvgIpc) is 3.34. The van der Waals surface area contributed by atoms with Crippen molar-refractivity contribution in [2.75, 3.05) is 48.9 Å². The van der Waals surface area contributed by atoms with Gasteiger partial charge in [0, 0.05) is 45.3 Å². The van der Waals surface area contributed by atoms with Crippen LogP contribution in [0.2, 0.25) is 0 Å². The van der Waals surface area contributed by atoms with Crippen LogP contribution in [0.4, 0.5) is 19.6 Å². The van der Waals surface area contributed by atoms with Crippen LogP contribution in [0.25, 0.3) is 10.2 Å². The van der Waals surface area contributed by atoms with Crippen molar-refractivity contribution in [1.29, 1.82) is 0 Å². The minimum atomic E-state index is -3.85. The average molecular weight is 572 g/mol. The summed E-state index contributed by atoms with van der Waals surface area (Å²) >= 11 is 1.27. The molecule has 3 aromatic carbocycles. The van der Waals surface area contributed by atoms with Gasteiger partial charge in [-0.15, -0.1) is 0 Å². The van der Waals surface area contributed by atoms with Gasteiger partial charge in [0.15, 0.2) is 10.9 Å². The number of nitrogens with one attached hydrogen (secondary N) is 2. The number of sulfonamides is 1. The molecule has 2 N–H and O–H groups in total. The summed E-state index contributed by atoms with van der Waals surface area (Å²) in [7, 11) is -3.85. The van der Waals surface area contributed by atoms with Crippen LogP contribution in [0.1, 0.15) is 15.9 Å². The Labute approximate surface area is 229 Å². The van der Waals surface area contributed by atoms with E-state index in [0.29, 0.717) is 36.0 Å². The number of amides is 1. The number of hydrogen-bond acceptors (Lipinski definition) is 7. The molecule has 0 bridgehead atoms. The van der Waals surface area contributed by atoms with Crippen LogP contribution < -0.4 is 14.9 Å². The Kier molecular flexibility index (Phi) is 7.78. The maximum Gasteiger partial charge on any atom is 0.261 e. The molecule has 12 heteroatoms. The van der Waals surface area contributed by atoms with Gasteiger partial charge in [-0.3, -0.25) is 14.4 Å². The third-order valence-corrected chi connectivity index (χ3v) is 8.95. The van der Waals surface area contributed by atoms with E-state index in [2.05, 4.69) is 19.9 Å². The number of aromatic nitrogens is 1. The summed E-state index contributed by atoms with van der Waals surface area (Å²) in [6.07, 6.45) is 0. The number of carbonyl (C=O) groups is 1. The van der Waals surface area contributed by atoms with E-state index in [-0.39, 0.29) is 27.6 Å². The van der Waals surface area contributed by atoms with Crippen molar-refractivity contribution in [3.8, 4) is 0 Å². The first-order valence-electron chi connectivity index (χ1n) is 12.4. The molecule has 0 aliphatic carbocycles. The van der Waals surface area contributed by atoms with Gasteiger partial charge in [-0.25, -0.2) is 22.2 Å². The zero-order valence-corrected chi connectivity index (χ0v) is 22.8.